The van der Waals surface area contributed by atoms with Crippen LogP contribution in [-0.2, 0) is 12.8 Å². The maximum Gasteiger partial charge on any atom is 0.305 e. The van der Waals surface area contributed by atoms with Gasteiger partial charge in [-0.15, -0.1) is 24.8 Å². The molecule has 1 heterocycles. The minimum absolute atomic E-state index is 0. The summed E-state index contributed by atoms with van der Waals surface area (Å²) in [4.78, 5) is 14.4. The molecule has 2 atom stereocenters. The second-order valence-corrected chi connectivity index (χ2v) is 10.2. The summed E-state index contributed by atoms with van der Waals surface area (Å²) in [5, 5.41) is 3.56. The van der Waals surface area contributed by atoms with Crippen LogP contribution in [0.15, 0.2) is 35.1 Å². The quantitative estimate of drug-likeness (QED) is 0.253. The molecule has 200 valence electrons. The number of ether oxygens (including phenoxy) is 2. The summed E-state index contributed by atoms with van der Waals surface area (Å²) in [6, 6.07) is 10.7. The summed E-state index contributed by atoms with van der Waals surface area (Å²) in [7, 11) is 3.41. The highest BCUT2D eigenvalue weighted by atomic mass is 35.5. The number of methoxy groups -OCH3 is 2. The molecular formula is C27H39Cl2N3O3S. The zero-order valence-electron chi connectivity index (χ0n) is 21.1. The van der Waals surface area contributed by atoms with E-state index in [9.17, 15) is 4.79 Å². The second kappa shape index (κ2) is 14.8. The van der Waals surface area contributed by atoms with Crippen LogP contribution in [0.5, 0.6) is 11.5 Å². The van der Waals surface area contributed by atoms with E-state index in [2.05, 4.69) is 28.5 Å². The van der Waals surface area contributed by atoms with E-state index >= 15 is 0 Å². The Morgan fingerprint density at radius 3 is 2.64 bits per heavy atom. The average Bonchev–Trinajstić information content (AvgIpc) is 3.22. The number of H-pyrrole nitrogens is 1. The van der Waals surface area contributed by atoms with Crippen molar-refractivity contribution in [1.29, 1.82) is 0 Å². The third-order valence-corrected chi connectivity index (χ3v) is 7.88. The first-order chi connectivity index (χ1) is 16.6. The van der Waals surface area contributed by atoms with E-state index in [0.29, 0.717) is 5.92 Å². The molecule has 0 saturated carbocycles. The van der Waals surface area contributed by atoms with Gasteiger partial charge in [-0.05, 0) is 80.4 Å². The molecule has 6 nitrogen and oxygen atoms in total. The number of fused-ring (bicyclic) bond motifs is 2. The fourth-order valence-corrected chi connectivity index (χ4v) is 5.92. The molecule has 1 aliphatic carbocycles. The van der Waals surface area contributed by atoms with E-state index in [-0.39, 0.29) is 35.7 Å². The molecule has 36 heavy (non-hydrogen) atoms. The lowest BCUT2D eigenvalue weighted by Gasteiger charge is -2.32. The normalized spacial score (nSPS) is 16.6. The van der Waals surface area contributed by atoms with Crippen molar-refractivity contribution in [2.75, 3.05) is 27.3 Å². The Morgan fingerprint density at radius 1 is 1.06 bits per heavy atom. The Labute approximate surface area is 230 Å². The van der Waals surface area contributed by atoms with Crippen molar-refractivity contribution in [2.45, 2.75) is 63.3 Å². The van der Waals surface area contributed by atoms with Gasteiger partial charge in [0.2, 0.25) is 0 Å². The smallest absolute Gasteiger partial charge is 0.305 e. The van der Waals surface area contributed by atoms with Gasteiger partial charge >= 0.3 is 4.87 Å². The molecule has 2 aromatic carbocycles. The molecule has 4 N–H and O–H groups in total. The molecule has 0 bridgehead atoms. The van der Waals surface area contributed by atoms with Crippen molar-refractivity contribution in [1.82, 2.24) is 10.3 Å². The highest BCUT2D eigenvalue weighted by molar-refractivity contribution is 7.16. The first-order valence-electron chi connectivity index (χ1n) is 12.4. The van der Waals surface area contributed by atoms with Crippen LogP contribution in [0.25, 0.3) is 10.2 Å². The third kappa shape index (κ3) is 7.39. The van der Waals surface area contributed by atoms with Gasteiger partial charge in [-0.25, -0.2) is 0 Å². The van der Waals surface area contributed by atoms with E-state index < -0.39 is 0 Å². The highest BCUT2D eigenvalue weighted by Gasteiger charge is 2.29. The third-order valence-electron chi connectivity index (χ3n) is 7.02. The molecule has 0 spiro atoms. The van der Waals surface area contributed by atoms with Gasteiger partial charge in [0.1, 0.15) is 0 Å². The molecular weight excluding hydrogens is 517 g/mol. The van der Waals surface area contributed by atoms with Gasteiger partial charge in [-0.1, -0.05) is 42.7 Å². The monoisotopic (exact) mass is 555 g/mol. The average molecular weight is 557 g/mol. The minimum atomic E-state index is 0. The van der Waals surface area contributed by atoms with Crippen LogP contribution >= 0.6 is 36.2 Å². The van der Waals surface area contributed by atoms with Crippen LogP contribution < -0.4 is 25.4 Å². The number of nitrogens with two attached hydrogens (primary N) is 1. The molecule has 2 unspecified atom stereocenters. The molecule has 3 aromatic rings. The Bertz CT molecular complexity index is 1150. The second-order valence-electron chi connectivity index (χ2n) is 9.23. The van der Waals surface area contributed by atoms with Crippen LogP contribution in [0.2, 0.25) is 0 Å². The fourth-order valence-electron chi connectivity index (χ4n) is 5.20. The largest absolute Gasteiger partial charge is 0.493 e. The van der Waals surface area contributed by atoms with Crippen LogP contribution in [0.4, 0.5) is 0 Å². The molecule has 0 saturated heterocycles. The van der Waals surface area contributed by atoms with E-state index in [0.717, 1.165) is 60.5 Å². The Kier molecular flexibility index (Phi) is 12.6. The number of aromatic nitrogens is 1. The van der Waals surface area contributed by atoms with Crippen LogP contribution in [0, 0.1) is 0 Å². The molecule has 1 aromatic heterocycles. The predicted molar refractivity (Wildman–Crippen MR) is 155 cm³/mol. The minimum Gasteiger partial charge on any atom is -0.493 e. The number of aromatic amines is 1. The van der Waals surface area contributed by atoms with Crippen molar-refractivity contribution in [2.24, 2.45) is 5.73 Å². The first-order valence-corrected chi connectivity index (χ1v) is 13.2. The molecule has 9 heteroatoms. The van der Waals surface area contributed by atoms with Gasteiger partial charge in [-0.2, -0.15) is 0 Å². The van der Waals surface area contributed by atoms with E-state index in [1.54, 1.807) is 14.2 Å². The van der Waals surface area contributed by atoms with Crippen molar-refractivity contribution in [3.8, 4) is 11.5 Å². The molecule has 4 rings (SSSR count). The van der Waals surface area contributed by atoms with Crippen molar-refractivity contribution >= 4 is 46.4 Å². The SMILES string of the molecule is COc1ccc2c(c1OC)CCC(N)C2CCCCCCNCCc1ccc2sc(=O)[nH]c2c1.Cl.Cl. The topological polar surface area (TPSA) is 89.4 Å². The Morgan fingerprint density at radius 2 is 1.86 bits per heavy atom. The lowest BCUT2D eigenvalue weighted by Crippen LogP contribution is -2.33. The first kappa shape index (κ1) is 30.5. The summed E-state index contributed by atoms with van der Waals surface area (Å²) in [5.74, 6) is 2.09. The molecule has 0 fully saturated rings. The maximum absolute atomic E-state index is 11.5. The maximum atomic E-state index is 11.5. The van der Waals surface area contributed by atoms with Gasteiger partial charge in [0.05, 0.1) is 24.4 Å². The van der Waals surface area contributed by atoms with Crippen LogP contribution in [0.1, 0.15) is 61.1 Å². The molecule has 0 radical (unpaired) electrons. The van der Waals surface area contributed by atoms with E-state index in [1.165, 1.54) is 53.7 Å². The number of thiazole rings is 1. The van der Waals surface area contributed by atoms with E-state index in [4.69, 9.17) is 15.2 Å². The van der Waals surface area contributed by atoms with Gasteiger partial charge in [0, 0.05) is 11.6 Å². The summed E-state index contributed by atoms with van der Waals surface area (Å²) >= 11 is 1.27. The van der Waals surface area contributed by atoms with Gasteiger partial charge in [0.15, 0.2) is 11.5 Å². The number of halogens is 2. The number of hydrogen-bond donors (Lipinski definition) is 3. The number of nitrogens with one attached hydrogen (secondary N) is 2. The van der Waals surface area contributed by atoms with Crippen LogP contribution in [-0.4, -0.2) is 38.3 Å². The van der Waals surface area contributed by atoms with Crippen molar-refractivity contribution in [3.05, 3.63) is 56.7 Å². The Hall–Kier alpha value is -1.77. The summed E-state index contributed by atoms with van der Waals surface area (Å²) in [5.41, 5.74) is 11.4. The van der Waals surface area contributed by atoms with Gasteiger partial charge in [-0.3, -0.25) is 4.79 Å². The highest BCUT2D eigenvalue weighted by Crippen LogP contribution is 2.43. The van der Waals surface area contributed by atoms with Crippen molar-refractivity contribution in [3.63, 3.8) is 0 Å². The number of unbranched alkanes of at least 4 members (excludes halogenated alkanes) is 3. The zero-order chi connectivity index (χ0) is 23.9. The van der Waals surface area contributed by atoms with E-state index in [1.807, 2.05) is 12.1 Å². The standard InChI is InChI=1S/C27H37N3O3S.2ClH/c1-32-24-12-10-19-20(22(28)11-9-21(19)26(24)33-2)7-5-3-4-6-15-29-16-14-18-8-13-25-23(17-18)30-27(31)34-25;;/h8,10,12-13,17,20,22,29H,3-7,9,11,14-16,28H2,1-2H3,(H,30,31);2*1H. The molecule has 0 amide bonds. The molecule has 1 aliphatic rings. The molecule has 0 aliphatic heterocycles. The Balaban J connectivity index is 0.00000228. The number of rotatable bonds is 12. The fraction of sp³-hybridized carbons (Fsp3) is 0.519. The predicted octanol–water partition coefficient (Wildman–Crippen LogP) is 5.59. The number of benzene rings is 2. The summed E-state index contributed by atoms with van der Waals surface area (Å²) < 4.78 is 12.2. The summed E-state index contributed by atoms with van der Waals surface area (Å²) in [6.07, 6.45) is 8.91. The lowest BCUT2D eigenvalue weighted by atomic mass is 9.76. The van der Waals surface area contributed by atoms with Crippen molar-refractivity contribution < 1.29 is 9.47 Å². The number of hydrogen-bond acceptors (Lipinski definition) is 6. The van der Waals surface area contributed by atoms with Gasteiger partial charge < -0.3 is 25.5 Å². The van der Waals surface area contributed by atoms with Crippen LogP contribution in [0.3, 0.4) is 0 Å². The zero-order valence-corrected chi connectivity index (χ0v) is 23.6. The summed E-state index contributed by atoms with van der Waals surface area (Å²) in [6.45, 7) is 2.00. The lowest BCUT2D eigenvalue weighted by molar-refractivity contribution is 0.343. The van der Waals surface area contributed by atoms with Gasteiger partial charge in [0.25, 0.3) is 0 Å².